The fourth-order valence-electron chi connectivity index (χ4n) is 7.67. The van der Waals surface area contributed by atoms with E-state index in [1.54, 1.807) is 0 Å². The van der Waals surface area contributed by atoms with Crippen molar-refractivity contribution in [2.24, 2.45) is 0 Å². The van der Waals surface area contributed by atoms with Gasteiger partial charge in [0.05, 0.1) is 0 Å². The van der Waals surface area contributed by atoms with Crippen molar-refractivity contribution in [3.05, 3.63) is 181 Å². The van der Waals surface area contributed by atoms with Crippen LogP contribution in [-0.2, 0) is 5.41 Å². The van der Waals surface area contributed by atoms with Crippen LogP contribution in [0.1, 0.15) is 32.3 Å². The zero-order valence-corrected chi connectivity index (χ0v) is 27.1. The Morgan fingerprint density at radius 2 is 1.15 bits per heavy atom. The first-order valence-electron chi connectivity index (χ1n) is 16.7. The summed E-state index contributed by atoms with van der Waals surface area (Å²) >= 11 is 0. The summed E-state index contributed by atoms with van der Waals surface area (Å²) in [6.45, 7) is 8.72. The van der Waals surface area contributed by atoms with Gasteiger partial charge in [0, 0.05) is 5.41 Å². The first-order valence-corrected chi connectivity index (χ1v) is 16.7. The van der Waals surface area contributed by atoms with Gasteiger partial charge in [-0.3, -0.25) is 0 Å². The molecule has 8 rings (SSSR count). The monoisotopic (exact) mass is 602 g/mol. The molecule has 226 valence electrons. The Labute approximate surface area is 278 Å². The third kappa shape index (κ3) is 5.02. The highest BCUT2D eigenvalue weighted by atomic mass is 14.3. The molecule has 1 aliphatic rings. The molecule has 0 fully saturated rings. The number of fused-ring (bicyclic) bond motifs is 3. The Morgan fingerprint density at radius 1 is 0.574 bits per heavy atom. The lowest BCUT2D eigenvalue weighted by molar-refractivity contribution is 0.591. The van der Waals surface area contributed by atoms with E-state index >= 15 is 0 Å². The fraction of sp³-hybridized carbons (Fsp3) is 0.106. The first kappa shape index (κ1) is 29.0. The quantitative estimate of drug-likeness (QED) is 0.166. The van der Waals surface area contributed by atoms with E-state index in [0.29, 0.717) is 0 Å². The van der Waals surface area contributed by atoms with Gasteiger partial charge >= 0.3 is 0 Å². The standard InChI is InChI=1S/C47H38/c1-4-32-27-28-47(3,31-33(32)5-2)40-16-12-15-39(30-40)46-43-19-10-8-17-41(43)45(42-18-9-11-20-44(42)46)36-24-21-35(22-25-36)38-26-23-34-13-6-7-14-37(34)29-38/h5-27,29-31H,2,4,28H2,1,3H3. The van der Waals surface area contributed by atoms with E-state index in [1.807, 2.05) is 6.08 Å². The van der Waals surface area contributed by atoms with Gasteiger partial charge in [-0.2, -0.15) is 0 Å². The Bertz CT molecular complexity index is 2320. The Kier molecular flexibility index (Phi) is 7.23. The third-order valence-corrected chi connectivity index (χ3v) is 10.2. The van der Waals surface area contributed by atoms with Crippen LogP contribution in [0.5, 0.6) is 0 Å². The molecule has 0 saturated heterocycles. The predicted molar refractivity (Wildman–Crippen MR) is 204 cm³/mol. The van der Waals surface area contributed by atoms with Crippen LogP contribution >= 0.6 is 0 Å². The summed E-state index contributed by atoms with van der Waals surface area (Å²) < 4.78 is 0. The van der Waals surface area contributed by atoms with Crippen LogP contribution in [-0.4, -0.2) is 0 Å². The second-order valence-corrected chi connectivity index (χ2v) is 13.1. The maximum absolute atomic E-state index is 4.13. The van der Waals surface area contributed by atoms with Gasteiger partial charge in [0.2, 0.25) is 0 Å². The Morgan fingerprint density at radius 3 is 1.79 bits per heavy atom. The number of benzene rings is 7. The van der Waals surface area contributed by atoms with Crippen molar-refractivity contribution in [2.75, 3.05) is 0 Å². The zero-order valence-electron chi connectivity index (χ0n) is 27.1. The fourth-order valence-corrected chi connectivity index (χ4v) is 7.67. The molecule has 7 aromatic carbocycles. The van der Waals surface area contributed by atoms with Gasteiger partial charge in [-0.05, 0) is 101 Å². The number of hydrogen-bond donors (Lipinski definition) is 0. The van der Waals surface area contributed by atoms with E-state index in [2.05, 4.69) is 172 Å². The summed E-state index contributed by atoms with van der Waals surface area (Å²) in [7, 11) is 0. The molecule has 7 aromatic rings. The molecule has 0 spiro atoms. The van der Waals surface area contributed by atoms with E-state index in [9.17, 15) is 0 Å². The molecule has 1 unspecified atom stereocenters. The van der Waals surface area contributed by atoms with Gasteiger partial charge in [0.15, 0.2) is 0 Å². The predicted octanol–water partition coefficient (Wildman–Crippen LogP) is 13.3. The third-order valence-electron chi connectivity index (χ3n) is 10.2. The van der Waals surface area contributed by atoms with E-state index in [4.69, 9.17) is 0 Å². The van der Waals surface area contributed by atoms with Crippen molar-refractivity contribution in [2.45, 2.75) is 32.1 Å². The van der Waals surface area contributed by atoms with E-state index in [0.717, 1.165) is 12.8 Å². The molecule has 0 saturated carbocycles. The molecule has 0 heteroatoms. The molecule has 0 heterocycles. The smallest absolute Gasteiger partial charge is 0.0147 e. The minimum atomic E-state index is -0.0868. The summed E-state index contributed by atoms with van der Waals surface area (Å²) in [5.74, 6) is 0. The highest BCUT2D eigenvalue weighted by Crippen LogP contribution is 2.45. The number of hydrogen-bond acceptors (Lipinski definition) is 0. The molecule has 0 bridgehead atoms. The summed E-state index contributed by atoms with van der Waals surface area (Å²) in [6.07, 6.45) is 8.88. The topological polar surface area (TPSA) is 0 Å². The summed E-state index contributed by atoms with van der Waals surface area (Å²) in [4.78, 5) is 0. The summed E-state index contributed by atoms with van der Waals surface area (Å²) in [5.41, 5.74) is 11.5. The van der Waals surface area contributed by atoms with Crippen LogP contribution in [0.2, 0.25) is 0 Å². The van der Waals surface area contributed by atoms with Crippen molar-refractivity contribution >= 4 is 32.3 Å². The van der Waals surface area contributed by atoms with Gasteiger partial charge in [-0.25, -0.2) is 0 Å². The summed E-state index contributed by atoms with van der Waals surface area (Å²) in [6, 6.07) is 51.6. The normalized spacial score (nSPS) is 16.3. The zero-order chi connectivity index (χ0) is 32.0. The molecule has 0 nitrogen and oxygen atoms in total. The van der Waals surface area contributed by atoms with Crippen molar-refractivity contribution in [1.82, 2.24) is 0 Å². The van der Waals surface area contributed by atoms with Crippen LogP contribution in [0, 0.1) is 0 Å². The van der Waals surface area contributed by atoms with E-state index in [-0.39, 0.29) is 5.41 Å². The largest absolute Gasteiger partial charge is 0.0985 e. The van der Waals surface area contributed by atoms with Gasteiger partial charge in [0.25, 0.3) is 0 Å². The molecule has 0 amide bonds. The molecule has 0 aromatic heterocycles. The number of rotatable bonds is 6. The molecule has 0 N–H and O–H groups in total. The van der Waals surface area contributed by atoms with Crippen LogP contribution in [0.15, 0.2) is 175 Å². The van der Waals surface area contributed by atoms with Crippen molar-refractivity contribution in [1.29, 1.82) is 0 Å². The molecule has 47 heavy (non-hydrogen) atoms. The van der Waals surface area contributed by atoms with E-state index < -0.39 is 0 Å². The van der Waals surface area contributed by atoms with Gasteiger partial charge in [-0.15, -0.1) is 0 Å². The minimum absolute atomic E-state index is 0.0868. The molecule has 1 atom stereocenters. The van der Waals surface area contributed by atoms with Crippen LogP contribution < -0.4 is 0 Å². The molecular weight excluding hydrogens is 565 g/mol. The van der Waals surface area contributed by atoms with Gasteiger partial charge in [0.1, 0.15) is 0 Å². The summed E-state index contributed by atoms with van der Waals surface area (Å²) in [5, 5.41) is 7.64. The van der Waals surface area contributed by atoms with Crippen LogP contribution in [0.3, 0.4) is 0 Å². The van der Waals surface area contributed by atoms with Gasteiger partial charge < -0.3 is 0 Å². The molecule has 0 aliphatic heterocycles. The van der Waals surface area contributed by atoms with Crippen LogP contribution in [0.4, 0.5) is 0 Å². The van der Waals surface area contributed by atoms with E-state index in [1.165, 1.54) is 82.4 Å². The molecule has 1 aliphatic carbocycles. The molecule has 0 radical (unpaired) electrons. The lowest BCUT2D eigenvalue weighted by atomic mass is 9.73. The minimum Gasteiger partial charge on any atom is -0.0985 e. The average Bonchev–Trinajstić information content (AvgIpc) is 3.13. The van der Waals surface area contributed by atoms with Crippen LogP contribution in [0.25, 0.3) is 65.7 Å². The Hall–Kier alpha value is -5.46. The SMILES string of the molecule is C=CC1=CC(C)(c2cccc(-c3c4ccccc4c(-c4ccc(-c5ccc6ccccc6c5)cc4)c4ccccc34)c2)CC=C1CC. The lowest BCUT2D eigenvalue weighted by Crippen LogP contribution is -2.22. The first-order chi connectivity index (χ1) is 23.1. The molecular formula is C47H38. The number of allylic oxidation sites excluding steroid dienone is 5. The highest BCUT2D eigenvalue weighted by molar-refractivity contribution is 6.21. The maximum atomic E-state index is 4.13. The van der Waals surface area contributed by atoms with Crippen molar-refractivity contribution in [3.8, 4) is 33.4 Å². The lowest BCUT2D eigenvalue weighted by Gasteiger charge is -2.31. The average molecular weight is 603 g/mol. The van der Waals surface area contributed by atoms with Crippen molar-refractivity contribution in [3.63, 3.8) is 0 Å². The maximum Gasteiger partial charge on any atom is 0.0147 e. The van der Waals surface area contributed by atoms with Crippen molar-refractivity contribution < 1.29 is 0 Å². The Balaban J connectivity index is 1.27. The second kappa shape index (κ2) is 11.7. The highest BCUT2D eigenvalue weighted by Gasteiger charge is 2.28. The van der Waals surface area contributed by atoms with Gasteiger partial charge in [-0.1, -0.05) is 172 Å². The second-order valence-electron chi connectivity index (χ2n) is 13.1.